The van der Waals surface area contributed by atoms with E-state index in [-0.39, 0.29) is 11.7 Å². The van der Waals surface area contributed by atoms with Gasteiger partial charge in [0.2, 0.25) is 5.88 Å². The first-order chi connectivity index (χ1) is 18.0. The molecule has 0 saturated carbocycles. The van der Waals surface area contributed by atoms with E-state index in [4.69, 9.17) is 14.6 Å². The third kappa shape index (κ3) is 5.41. The van der Waals surface area contributed by atoms with Crippen LogP contribution in [0.2, 0.25) is 0 Å². The highest BCUT2D eigenvalue weighted by Crippen LogP contribution is 2.30. The number of hydrogen-bond donors (Lipinski definition) is 3. The number of anilines is 1. The van der Waals surface area contributed by atoms with Gasteiger partial charge in [0.25, 0.3) is 5.91 Å². The van der Waals surface area contributed by atoms with Crippen LogP contribution in [0, 0.1) is 12.8 Å². The summed E-state index contributed by atoms with van der Waals surface area (Å²) in [6.45, 7) is 7.79. The van der Waals surface area contributed by atoms with E-state index in [1.165, 1.54) is 6.20 Å². The van der Waals surface area contributed by atoms with Gasteiger partial charge in [-0.3, -0.25) is 4.79 Å². The van der Waals surface area contributed by atoms with E-state index in [2.05, 4.69) is 22.2 Å². The van der Waals surface area contributed by atoms with E-state index < -0.39 is 0 Å². The summed E-state index contributed by atoms with van der Waals surface area (Å²) in [6.07, 6.45) is 5.16. The van der Waals surface area contributed by atoms with E-state index in [9.17, 15) is 9.90 Å². The summed E-state index contributed by atoms with van der Waals surface area (Å²) in [5.74, 6) is 1.39. The Kier molecular flexibility index (Phi) is 7.04. The Hall–Kier alpha value is -4.37. The molecular weight excluding hydrogens is 470 g/mol. The average molecular weight is 500 g/mol. The Balaban J connectivity index is 1.52. The van der Waals surface area contributed by atoms with E-state index >= 15 is 0 Å². The zero-order chi connectivity index (χ0) is 25.8. The number of hydrogen-bond acceptors (Lipinski definition) is 7. The molecule has 0 atom stereocenters. The highest BCUT2D eigenvalue weighted by atomic mass is 16.5. The quantitative estimate of drug-likeness (QED) is 0.316. The fraction of sp³-hybridized carbons (Fsp3) is 0.250. The Morgan fingerprint density at radius 1 is 1.22 bits per heavy atom. The van der Waals surface area contributed by atoms with Crippen LogP contribution in [0.25, 0.3) is 16.9 Å². The molecule has 2 aromatic carbocycles. The minimum Gasteiger partial charge on any atom is -0.508 e. The number of imidazole rings is 1. The summed E-state index contributed by atoms with van der Waals surface area (Å²) in [5.41, 5.74) is 4.50. The number of aryl methyl sites for hydroxylation is 1. The predicted molar refractivity (Wildman–Crippen MR) is 141 cm³/mol. The molecule has 4 aromatic rings. The van der Waals surface area contributed by atoms with Crippen LogP contribution >= 0.6 is 0 Å². The van der Waals surface area contributed by atoms with Gasteiger partial charge in [0.15, 0.2) is 5.65 Å². The molecule has 0 bridgehead atoms. The molecule has 0 aliphatic carbocycles. The average Bonchev–Trinajstić information content (AvgIpc) is 3.33. The monoisotopic (exact) mass is 499 g/mol. The number of phenols is 1. The van der Waals surface area contributed by atoms with Crippen LogP contribution in [0.4, 0.5) is 5.69 Å². The fourth-order valence-corrected chi connectivity index (χ4v) is 4.41. The Bertz CT molecular complexity index is 1420. The number of benzene rings is 2. The van der Waals surface area contributed by atoms with Crippen LogP contribution in [-0.2, 0) is 4.74 Å². The molecule has 0 spiro atoms. The number of rotatable bonds is 8. The van der Waals surface area contributed by atoms with Gasteiger partial charge < -0.3 is 25.2 Å². The molecule has 1 amide bonds. The van der Waals surface area contributed by atoms with Crippen LogP contribution in [-0.4, -0.2) is 45.4 Å². The Morgan fingerprint density at radius 3 is 2.73 bits per heavy atom. The number of nitrogens with zero attached hydrogens (tertiary/aromatic N) is 3. The number of amides is 1. The van der Waals surface area contributed by atoms with Gasteiger partial charge in [-0.05, 0) is 73.8 Å². The largest absolute Gasteiger partial charge is 0.508 e. The van der Waals surface area contributed by atoms with E-state index in [1.807, 2.05) is 25.1 Å². The summed E-state index contributed by atoms with van der Waals surface area (Å²) in [7, 11) is 0. The Morgan fingerprint density at radius 2 is 2.00 bits per heavy atom. The minimum atomic E-state index is -0.209. The fourth-order valence-electron chi connectivity index (χ4n) is 4.41. The normalized spacial score (nSPS) is 13.9. The van der Waals surface area contributed by atoms with E-state index in [0.29, 0.717) is 28.8 Å². The number of carbonyl (C=O) groups is 1. The molecule has 2 aromatic heterocycles. The molecule has 0 radical (unpaired) electrons. The summed E-state index contributed by atoms with van der Waals surface area (Å²) in [5, 5.41) is 20.5. The van der Waals surface area contributed by atoms with Crippen molar-refractivity contribution in [2.45, 2.75) is 19.8 Å². The van der Waals surface area contributed by atoms with Gasteiger partial charge in [-0.2, -0.15) is 0 Å². The second kappa shape index (κ2) is 10.7. The molecule has 3 heterocycles. The molecule has 9 heteroatoms. The standard InChI is InChI=1S/C28H29N5O4/c1-3-29-28(35)23-9-4-20(14-18(23)2)25-17-31-27-24(30-16-19-10-12-36-13-11-19)15-26(32-33(25)27)37-22-7-5-21(34)6-8-22/h3-9,14-15,17,19,30,34H,1,10-13,16H2,2H3,(H,29,35). The van der Waals surface area contributed by atoms with Crippen molar-refractivity contribution in [2.24, 2.45) is 5.92 Å². The van der Waals surface area contributed by atoms with Gasteiger partial charge in [0.05, 0.1) is 17.6 Å². The number of carbonyl (C=O) groups excluding carboxylic acids is 1. The lowest BCUT2D eigenvalue weighted by molar-refractivity contribution is 0.0699. The van der Waals surface area contributed by atoms with Crippen molar-refractivity contribution in [3.8, 4) is 28.6 Å². The van der Waals surface area contributed by atoms with Crippen LogP contribution in [0.3, 0.4) is 0 Å². The lowest BCUT2D eigenvalue weighted by Gasteiger charge is -2.22. The number of nitrogens with one attached hydrogen (secondary N) is 2. The molecule has 9 nitrogen and oxygen atoms in total. The van der Waals surface area contributed by atoms with Crippen molar-refractivity contribution in [1.82, 2.24) is 19.9 Å². The van der Waals surface area contributed by atoms with Gasteiger partial charge in [-0.25, -0.2) is 9.50 Å². The van der Waals surface area contributed by atoms with Crippen LogP contribution in [0.1, 0.15) is 28.8 Å². The number of aromatic hydroxyl groups is 1. The first-order valence-corrected chi connectivity index (χ1v) is 12.2. The third-order valence-electron chi connectivity index (χ3n) is 6.43. The van der Waals surface area contributed by atoms with Crippen molar-refractivity contribution in [3.63, 3.8) is 0 Å². The molecule has 1 fully saturated rings. The van der Waals surface area contributed by atoms with Gasteiger partial charge in [0, 0.05) is 37.0 Å². The maximum absolute atomic E-state index is 12.3. The molecule has 1 aliphatic rings. The predicted octanol–water partition coefficient (Wildman–Crippen LogP) is 4.91. The van der Waals surface area contributed by atoms with Crippen molar-refractivity contribution >= 4 is 17.2 Å². The number of phenolic OH excluding ortho intramolecular Hbond substituents is 1. The van der Waals surface area contributed by atoms with Gasteiger partial charge >= 0.3 is 0 Å². The second-order valence-electron chi connectivity index (χ2n) is 9.01. The highest BCUT2D eigenvalue weighted by Gasteiger charge is 2.18. The Labute approximate surface area is 214 Å². The van der Waals surface area contributed by atoms with Crippen molar-refractivity contribution < 1.29 is 19.4 Å². The molecule has 5 rings (SSSR count). The summed E-state index contributed by atoms with van der Waals surface area (Å²) >= 11 is 0. The lowest BCUT2D eigenvalue weighted by Crippen LogP contribution is -2.23. The lowest BCUT2D eigenvalue weighted by atomic mass is 10.0. The van der Waals surface area contributed by atoms with E-state index in [0.717, 1.165) is 55.1 Å². The number of aromatic nitrogens is 3. The zero-order valence-electron chi connectivity index (χ0n) is 20.6. The molecule has 37 heavy (non-hydrogen) atoms. The van der Waals surface area contributed by atoms with Crippen LogP contribution in [0.15, 0.2) is 67.5 Å². The molecule has 1 aliphatic heterocycles. The smallest absolute Gasteiger partial charge is 0.255 e. The first-order valence-electron chi connectivity index (χ1n) is 12.2. The van der Waals surface area contributed by atoms with Crippen LogP contribution in [0.5, 0.6) is 17.4 Å². The number of ether oxygens (including phenoxy) is 2. The van der Waals surface area contributed by atoms with Gasteiger partial charge in [0.1, 0.15) is 11.5 Å². The first kappa shape index (κ1) is 24.3. The van der Waals surface area contributed by atoms with E-state index in [1.54, 1.807) is 41.0 Å². The summed E-state index contributed by atoms with van der Waals surface area (Å²) in [6, 6.07) is 13.9. The minimum absolute atomic E-state index is 0.159. The van der Waals surface area contributed by atoms with Crippen molar-refractivity contribution in [1.29, 1.82) is 0 Å². The SMILES string of the molecule is C=CNC(=O)c1ccc(-c2cnc3c(NCC4CCOCC4)cc(Oc4ccc(O)cc4)nn23)cc1C. The van der Waals surface area contributed by atoms with Crippen molar-refractivity contribution in [3.05, 3.63) is 78.6 Å². The maximum Gasteiger partial charge on any atom is 0.255 e. The molecule has 3 N–H and O–H groups in total. The number of fused-ring (bicyclic) bond motifs is 1. The zero-order valence-corrected chi connectivity index (χ0v) is 20.6. The summed E-state index contributed by atoms with van der Waals surface area (Å²) < 4.78 is 13.3. The molecular formula is C28H29N5O4. The molecule has 1 saturated heterocycles. The molecule has 190 valence electrons. The van der Waals surface area contributed by atoms with Gasteiger partial charge in [-0.1, -0.05) is 12.6 Å². The topological polar surface area (TPSA) is 110 Å². The molecule has 0 unspecified atom stereocenters. The van der Waals surface area contributed by atoms with Crippen molar-refractivity contribution in [2.75, 3.05) is 25.1 Å². The van der Waals surface area contributed by atoms with Gasteiger partial charge in [-0.15, -0.1) is 5.10 Å². The highest BCUT2D eigenvalue weighted by molar-refractivity contribution is 5.96. The maximum atomic E-state index is 12.3. The second-order valence-corrected chi connectivity index (χ2v) is 9.01. The van der Waals surface area contributed by atoms with Crippen LogP contribution < -0.4 is 15.4 Å². The third-order valence-corrected chi connectivity index (χ3v) is 6.43. The summed E-state index contributed by atoms with van der Waals surface area (Å²) in [4.78, 5) is 17.0.